The van der Waals surface area contributed by atoms with E-state index in [1.54, 1.807) is 20.5 Å². The van der Waals surface area contributed by atoms with Crippen molar-refractivity contribution in [2.24, 2.45) is 0 Å². The lowest BCUT2D eigenvalue weighted by molar-refractivity contribution is 0.354. The highest BCUT2D eigenvalue weighted by molar-refractivity contribution is 5.49. The minimum absolute atomic E-state index is 0.648. The molecule has 0 saturated carbocycles. The first kappa shape index (κ1) is 16.9. The topological polar surface area (TPSA) is 59.5 Å². The van der Waals surface area contributed by atoms with Crippen molar-refractivity contribution in [3.8, 4) is 11.5 Å². The predicted molar refractivity (Wildman–Crippen MR) is 92.5 cm³/mol. The van der Waals surface area contributed by atoms with Crippen LogP contribution in [0.2, 0.25) is 0 Å². The normalized spacial score (nSPS) is 10.3. The van der Waals surface area contributed by atoms with Crippen LogP contribution in [0.5, 0.6) is 11.5 Å². The lowest BCUT2D eigenvalue weighted by Gasteiger charge is -2.20. The lowest BCUT2D eigenvalue weighted by atomic mass is 10.2. The third-order valence-electron chi connectivity index (χ3n) is 3.66. The number of anilines is 2. The van der Waals surface area contributed by atoms with Gasteiger partial charge in [-0.1, -0.05) is 6.07 Å². The molecule has 0 amide bonds. The highest BCUT2D eigenvalue weighted by atomic mass is 16.5. The van der Waals surface area contributed by atoms with Crippen LogP contribution in [0.15, 0.2) is 30.6 Å². The molecule has 124 valence electrons. The van der Waals surface area contributed by atoms with Gasteiger partial charge in [-0.3, -0.25) is 0 Å². The number of hydrogen-bond donors (Lipinski definition) is 1. The van der Waals surface area contributed by atoms with Crippen molar-refractivity contribution in [2.45, 2.75) is 20.4 Å². The fourth-order valence-electron chi connectivity index (χ4n) is 2.35. The van der Waals surface area contributed by atoms with Crippen molar-refractivity contribution in [3.63, 3.8) is 0 Å². The molecule has 2 aromatic rings. The molecule has 1 aromatic heterocycles. The van der Waals surface area contributed by atoms with Gasteiger partial charge >= 0.3 is 0 Å². The van der Waals surface area contributed by atoms with Crippen molar-refractivity contribution < 1.29 is 9.47 Å². The molecule has 1 heterocycles. The molecule has 23 heavy (non-hydrogen) atoms. The van der Waals surface area contributed by atoms with Crippen molar-refractivity contribution in [1.82, 2.24) is 9.97 Å². The Bertz CT molecular complexity index is 630. The van der Waals surface area contributed by atoms with Gasteiger partial charge in [0.1, 0.15) is 18.0 Å². The second-order valence-electron chi connectivity index (χ2n) is 4.98. The first-order chi connectivity index (χ1) is 11.2. The van der Waals surface area contributed by atoms with Gasteiger partial charge in [-0.25, -0.2) is 9.97 Å². The molecule has 0 aliphatic rings. The molecular formula is C17H24N4O2. The van der Waals surface area contributed by atoms with Crippen LogP contribution in [0.25, 0.3) is 0 Å². The summed E-state index contributed by atoms with van der Waals surface area (Å²) in [5.74, 6) is 3.18. The van der Waals surface area contributed by atoms with Crippen molar-refractivity contribution in [3.05, 3.63) is 36.2 Å². The van der Waals surface area contributed by atoms with E-state index < -0.39 is 0 Å². The predicted octanol–water partition coefficient (Wildman–Crippen LogP) is 2.95. The summed E-state index contributed by atoms with van der Waals surface area (Å²) >= 11 is 0. The summed E-state index contributed by atoms with van der Waals surface area (Å²) in [4.78, 5) is 10.8. The Kier molecular flexibility index (Phi) is 6.02. The summed E-state index contributed by atoms with van der Waals surface area (Å²) in [6, 6.07) is 7.82. The minimum Gasteiger partial charge on any atom is -0.493 e. The Morgan fingerprint density at radius 1 is 1.00 bits per heavy atom. The lowest BCUT2D eigenvalue weighted by Crippen LogP contribution is -2.23. The largest absolute Gasteiger partial charge is 0.493 e. The zero-order valence-corrected chi connectivity index (χ0v) is 14.2. The molecular weight excluding hydrogens is 292 g/mol. The van der Waals surface area contributed by atoms with Gasteiger partial charge in [-0.05, 0) is 31.5 Å². The third-order valence-corrected chi connectivity index (χ3v) is 3.66. The monoisotopic (exact) mass is 316 g/mol. The molecule has 0 fully saturated rings. The number of benzene rings is 1. The quantitative estimate of drug-likeness (QED) is 0.808. The van der Waals surface area contributed by atoms with Gasteiger partial charge in [0.05, 0.1) is 14.2 Å². The fourth-order valence-corrected chi connectivity index (χ4v) is 2.35. The summed E-state index contributed by atoms with van der Waals surface area (Å²) in [7, 11) is 3.27. The van der Waals surface area contributed by atoms with Gasteiger partial charge in [0, 0.05) is 25.7 Å². The molecule has 0 atom stereocenters. The number of rotatable bonds is 8. The van der Waals surface area contributed by atoms with Gasteiger partial charge < -0.3 is 19.7 Å². The Balaban J connectivity index is 2.07. The van der Waals surface area contributed by atoms with Crippen molar-refractivity contribution in [1.29, 1.82) is 0 Å². The zero-order valence-electron chi connectivity index (χ0n) is 14.2. The van der Waals surface area contributed by atoms with E-state index in [2.05, 4.69) is 34.0 Å². The summed E-state index contributed by atoms with van der Waals surface area (Å²) in [6.45, 7) is 6.71. The van der Waals surface area contributed by atoms with E-state index in [0.717, 1.165) is 41.8 Å². The van der Waals surface area contributed by atoms with Gasteiger partial charge in [0.15, 0.2) is 11.5 Å². The molecule has 0 saturated heterocycles. The molecule has 2 rings (SSSR count). The van der Waals surface area contributed by atoms with Crippen LogP contribution in [0.3, 0.4) is 0 Å². The van der Waals surface area contributed by atoms with Crippen LogP contribution in [0.4, 0.5) is 11.6 Å². The smallest absolute Gasteiger partial charge is 0.161 e. The minimum atomic E-state index is 0.648. The van der Waals surface area contributed by atoms with Crippen LogP contribution in [-0.4, -0.2) is 37.3 Å². The molecule has 0 aliphatic heterocycles. The van der Waals surface area contributed by atoms with E-state index in [1.807, 2.05) is 24.3 Å². The molecule has 0 aliphatic carbocycles. The van der Waals surface area contributed by atoms with Crippen LogP contribution in [-0.2, 0) is 6.54 Å². The van der Waals surface area contributed by atoms with Crippen molar-refractivity contribution >= 4 is 11.6 Å². The van der Waals surface area contributed by atoms with Crippen LogP contribution < -0.4 is 19.7 Å². The Labute approximate surface area is 137 Å². The van der Waals surface area contributed by atoms with Crippen molar-refractivity contribution in [2.75, 3.05) is 37.5 Å². The SMILES string of the molecule is CCN(CC)c1cc(NCc2ccc(OC)c(OC)c2)ncn1. The summed E-state index contributed by atoms with van der Waals surface area (Å²) in [6.07, 6.45) is 1.59. The molecule has 0 radical (unpaired) electrons. The van der Waals surface area contributed by atoms with Crippen LogP contribution in [0.1, 0.15) is 19.4 Å². The third kappa shape index (κ3) is 4.25. The van der Waals surface area contributed by atoms with E-state index in [4.69, 9.17) is 9.47 Å². The molecule has 0 spiro atoms. The van der Waals surface area contributed by atoms with E-state index in [1.165, 1.54) is 0 Å². The average molecular weight is 316 g/mol. The number of aromatic nitrogens is 2. The number of nitrogens with one attached hydrogen (secondary N) is 1. The summed E-state index contributed by atoms with van der Waals surface area (Å²) in [5.41, 5.74) is 1.09. The zero-order chi connectivity index (χ0) is 16.7. The van der Waals surface area contributed by atoms with Gasteiger partial charge in [0.25, 0.3) is 0 Å². The summed E-state index contributed by atoms with van der Waals surface area (Å²) in [5, 5.41) is 3.32. The van der Waals surface area contributed by atoms with E-state index in [9.17, 15) is 0 Å². The molecule has 0 bridgehead atoms. The number of methoxy groups -OCH3 is 2. The number of ether oxygens (including phenoxy) is 2. The second kappa shape index (κ2) is 8.22. The molecule has 1 N–H and O–H groups in total. The fraction of sp³-hybridized carbons (Fsp3) is 0.412. The van der Waals surface area contributed by atoms with Crippen LogP contribution in [0, 0.1) is 0 Å². The summed E-state index contributed by atoms with van der Waals surface area (Å²) < 4.78 is 10.6. The maximum absolute atomic E-state index is 5.32. The first-order valence-electron chi connectivity index (χ1n) is 7.73. The van der Waals surface area contributed by atoms with Gasteiger partial charge in [-0.15, -0.1) is 0 Å². The second-order valence-corrected chi connectivity index (χ2v) is 4.98. The molecule has 6 nitrogen and oxygen atoms in total. The molecule has 0 unspecified atom stereocenters. The molecule has 1 aromatic carbocycles. The maximum atomic E-state index is 5.32. The van der Waals surface area contributed by atoms with E-state index >= 15 is 0 Å². The highest BCUT2D eigenvalue weighted by Crippen LogP contribution is 2.27. The van der Waals surface area contributed by atoms with Gasteiger partial charge in [0.2, 0.25) is 0 Å². The Morgan fingerprint density at radius 2 is 1.74 bits per heavy atom. The number of hydrogen-bond acceptors (Lipinski definition) is 6. The first-order valence-corrected chi connectivity index (χ1v) is 7.73. The van der Waals surface area contributed by atoms with E-state index in [-0.39, 0.29) is 0 Å². The van der Waals surface area contributed by atoms with E-state index in [0.29, 0.717) is 6.54 Å². The molecule has 6 heteroatoms. The standard InChI is InChI=1S/C17H24N4O2/c1-5-21(6-2)17-10-16(19-12-20-17)18-11-13-7-8-14(22-3)15(9-13)23-4/h7-10,12H,5-6,11H2,1-4H3,(H,18,19,20). The Morgan fingerprint density at radius 3 is 2.39 bits per heavy atom. The van der Waals surface area contributed by atoms with Gasteiger partial charge in [-0.2, -0.15) is 0 Å². The Hall–Kier alpha value is -2.50. The van der Waals surface area contributed by atoms with Crippen LogP contribution >= 0.6 is 0 Å². The highest BCUT2D eigenvalue weighted by Gasteiger charge is 2.07. The average Bonchev–Trinajstić information content (AvgIpc) is 2.61. The number of nitrogens with zero attached hydrogens (tertiary/aromatic N) is 3. The maximum Gasteiger partial charge on any atom is 0.161 e.